The monoisotopic (exact) mass is 378 g/mol. The van der Waals surface area contributed by atoms with Crippen LogP contribution in [0.5, 0.6) is 0 Å². The molecule has 3 rings (SSSR count). The molecule has 0 atom stereocenters. The number of carbonyl (C=O) groups is 2. The first-order chi connectivity index (χ1) is 13.0. The molecule has 3 aromatic rings. The Bertz CT molecular complexity index is 954. The number of carbonyl (C=O) groups excluding carboxylic acids is 2. The largest absolute Gasteiger partial charge is 0.348 e. The number of rotatable bonds is 5. The highest BCUT2D eigenvalue weighted by molar-refractivity contribution is 6.31. The molecule has 3 aromatic carbocycles. The van der Waals surface area contributed by atoms with Gasteiger partial charge in [0.25, 0.3) is 11.8 Å². The van der Waals surface area contributed by atoms with Crippen molar-refractivity contribution in [3.05, 3.63) is 100 Å². The maximum atomic E-state index is 12.4. The van der Waals surface area contributed by atoms with Crippen molar-refractivity contribution in [1.82, 2.24) is 5.32 Å². The van der Waals surface area contributed by atoms with Crippen LogP contribution in [-0.2, 0) is 6.54 Å². The summed E-state index contributed by atoms with van der Waals surface area (Å²) in [7, 11) is 0. The summed E-state index contributed by atoms with van der Waals surface area (Å²) in [5, 5.41) is 6.30. The molecule has 0 saturated heterocycles. The standard InChI is InChI=1S/C22H19ClN2O2/c1-15-19(23)8-5-9-20(15)25-22(27)18-12-10-17(11-13-18)21(26)24-14-16-6-3-2-4-7-16/h2-13H,14H2,1H3,(H,24,26)(H,25,27). The van der Waals surface area contributed by atoms with Crippen LogP contribution in [0.3, 0.4) is 0 Å². The zero-order valence-corrected chi connectivity index (χ0v) is 15.6. The van der Waals surface area contributed by atoms with Crippen LogP contribution in [0.25, 0.3) is 0 Å². The van der Waals surface area contributed by atoms with Crippen LogP contribution in [0.15, 0.2) is 72.8 Å². The van der Waals surface area contributed by atoms with Crippen molar-refractivity contribution in [1.29, 1.82) is 0 Å². The molecule has 0 bridgehead atoms. The summed E-state index contributed by atoms with van der Waals surface area (Å²) in [5.41, 5.74) is 3.47. The average Bonchev–Trinajstić information content (AvgIpc) is 2.70. The Hall–Kier alpha value is -3.11. The molecule has 0 radical (unpaired) electrons. The van der Waals surface area contributed by atoms with Gasteiger partial charge in [-0.2, -0.15) is 0 Å². The van der Waals surface area contributed by atoms with E-state index < -0.39 is 0 Å². The van der Waals surface area contributed by atoms with Gasteiger partial charge in [-0.25, -0.2) is 0 Å². The van der Waals surface area contributed by atoms with Gasteiger partial charge in [0, 0.05) is 28.4 Å². The van der Waals surface area contributed by atoms with Crippen molar-refractivity contribution in [2.45, 2.75) is 13.5 Å². The van der Waals surface area contributed by atoms with Crippen LogP contribution < -0.4 is 10.6 Å². The maximum absolute atomic E-state index is 12.4. The van der Waals surface area contributed by atoms with Gasteiger partial charge in [-0.05, 0) is 54.4 Å². The lowest BCUT2D eigenvalue weighted by Gasteiger charge is -2.10. The van der Waals surface area contributed by atoms with E-state index in [4.69, 9.17) is 11.6 Å². The zero-order chi connectivity index (χ0) is 19.2. The molecule has 4 nitrogen and oxygen atoms in total. The molecule has 0 saturated carbocycles. The Morgan fingerprint density at radius 1 is 0.815 bits per heavy atom. The normalized spacial score (nSPS) is 10.3. The molecule has 0 heterocycles. The molecule has 0 unspecified atom stereocenters. The third-order valence-corrected chi connectivity index (χ3v) is 4.63. The van der Waals surface area contributed by atoms with Gasteiger partial charge in [0.15, 0.2) is 0 Å². The Labute approximate surface area is 163 Å². The van der Waals surface area contributed by atoms with E-state index in [1.165, 1.54) is 0 Å². The van der Waals surface area contributed by atoms with Crippen molar-refractivity contribution in [2.24, 2.45) is 0 Å². The molecule has 5 heteroatoms. The number of anilines is 1. The molecule has 0 fully saturated rings. The Morgan fingerprint density at radius 3 is 2.11 bits per heavy atom. The van der Waals surface area contributed by atoms with E-state index in [1.807, 2.05) is 37.3 Å². The molecule has 27 heavy (non-hydrogen) atoms. The Kier molecular flexibility index (Phi) is 5.89. The van der Waals surface area contributed by atoms with Crippen LogP contribution >= 0.6 is 11.6 Å². The van der Waals surface area contributed by atoms with Gasteiger partial charge in [0.1, 0.15) is 0 Å². The molecule has 0 spiro atoms. The van der Waals surface area contributed by atoms with E-state index in [9.17, 15) is 9.59 Å². The Morgan fingerprint density at radius 2 is 1.44 bits per heavy atom. The van der Waals surface area contributed by atoms with Crippen LogP contribution in [0.1, 0.15) is 31.8 Å². The van der Waals surface area contributed by atoms with E-state index in [2.05, 4.69) is 10.6 Å². The van der Waals surface area contributed by atoms with E-state index in [0.717, 1.165) is 11.1 Å². The molecule has 0 aliphatic rings. The average molecular weight is 379 g/mol. The van der Waals surface area contributed by atoms with Crippen molar-refractivity contribution >= 4 is 29.1 Å². The molecule has 0 aliphatic heterocycles. The van der Waals surface area contributed by atoms with Gasteiger partial charge >= 0.3 is 0 Å². The summed E-state index contributed by atoms with van der Waals surface area (Å²) in [6.07, 6.45) is 0. The number of hydrogen-bond acceptors (Lipinski definition) is 2. The van der Waals surface area contributed by atoms with E-state index >= 15 is 0 Å². The summed E-state index contributed by atoms with van der Waals surface area (Å²) in [6, 6.07) is 21.6. The third-order valence-electron chi connectivity index (χ3n) is 4.22. The lowest BCUT2D eigenvalue weighted by Crippen LogP contribution is -2.23. The predicted molar refractivity (Wildman–Crippen MR) is 108 cm³/mol. The molecule has 2 N–H and O–H groups in total. The zero-order valence-electron chi connectivity index (χ0n) is 14.8. The third kappa shape index (κ3) is 4.74. The first-order valence-electron chi connectivity index (χ1n) is 8.53. The Balaban J connectivity index is 1.63. The maximum Gasteiger partial charge on any atom is 0.255 e. The van der Waals surface area contributed by atoms with Crippen molar-refractivity contribution < 1.29 is 9.59 Å². The summed E-state index contributed by atoms with van der Waals surface area (Å²) in [4.78, 5) is 24.7. The van der Waals surface area contributed by atoms with Crippen LogP contribution in [-0.4, -0.2) is 11.8 Å². The predicted octanol–water partition coefficient (Wildman–Crippen LogP) is 4.83. The highest BCUT2D eigenvalue weighted by atomic mass is 35.5. The molecular weight excluding hydrogens is 360 g/mol. The van der Waals surface area contributed by atoms with Gasteiger partial charge in [-0.15, -0.1) is 0 Å². The summed E-state index contributed by atoms with van der Waals surface area (Å²) >= 11 is 6.08. The molecule has 0 aliphatic carbocycles. The van der Waals surface area contributed by atoms with Crippen LogP contribution in [0, 0.1) is 6.92 Å². The fourth-order valence-electron chi connectivity index (χ4n) is 2.59. The van der Waals surface area contributed by atoms with E-state index in [0.29, 0.717) is 28.4 Å². The topological polar surface area (TPSA) is 58.2 Å². The number of hydrogen-bond donors (Lipinski definition) is 2. The van der Waals surface area contributed by atoms with Gasteiger partial charge < -0.3 is 10.6 Å². The first-order valence-corrected chi connectivity index (χ1v) is 8.91. The smallest absolute Gasteiger partial charge is 0.255 e. The number of benzene rings is 3. The second kappa shape index (κ2) is 8.52. The van der Waals surface area contributed by atoms with E-state index in [-0.39, 0.29) is 11.8 Å². The van der Waals surface area contributed by atoms with Crippen LogP contribution in [0.4, 0.5) is 5.69 Å². The fraction of sp³-hybridized carbons (Fsp3) is 0.0909. The fourth-order valence-corrected chi connectivity index (χ4v) is 2.77. The van der Waals surface area contributed by atoms with Gasteiger partial charge in [0.2, 0.25) is 0 Å². The minimum atomic E-state index is -0.253. The molecule has 0 aromatic heterocycles. The van der Waals surface area contributed by atoms with Crippen LogP contribution in [0.2, 0.25) is 5.02 Å². The quantitative estimate of drug-likeness (QED) is 0.668. The summed E-state index contributed by atoms with van der Waals surface area (Å²) < 4.78 is 0. The molecule has 136 valence electrons. The van der Waals surface area contributed by atoms with Gasteiger partial charge in [-0.1, -0.05) is 48.0 Å². The minimum absolute atomic E-state index is 0.184. The summed E-state index contributed by atoms with van der Waals surface area (Å²) in [5.74, 6) is -0.437. The number of nitrogens with one attached hydrogen (secondary N) is 2. The lowest BCUT2D eigenvalue weighted by atomic mass is 10.1. The number of amides is 2. The minimum Gasteiger partial charge on any atom is -0.348 e. The highest BCUT2D eigenvalue weighted by Crippen LogP contribution is 2.23. The number of halogens is 1. The highest BCUT2D eigenvalue weighted by Gasteiger charge is 2.11. The molecular formula is C22H19ClN2O2. The van der Waals surface area contributed by atoms with E-state index in [1.54, 1.807) is 42.5 Å². The van der Waals surface area contributed by atoms with Crippen molar-refractivity contribution in [2.75, 3.05) is 5.32 Å². The molecule has 2 amide bonds. The second-order valence-corrected chi connectivity index (χ2v) is 6.52. The van der Waals surface area contributed by atoms with Gasteiger partial charge in [-0.3, -0.25) is 9.59 Å². The lowest BCUT2D eigenvalue weighted by molar-refractivity contribution is 0.0949. The first kappa shape index (κ1) is 18.7. The second-order valence-electron chi connectivity index (χ2n) is 6.11. The van der Waals surface area contributed by atoms with Crippen molar-refractivity contribution in [3.8, 4) is 0 Å². The van der Waals surface area contributed by atoms with Crippen molar-refractivity contribution in [3.63, 3.8) is 0 Å². The summed E-state index contributed by atoms with van der Waals surface area (Å²) in [6.45, 7) is 2.30. The van der Waals surface area contributed by atoms with Gasteiger partial charge in [0.05, 0.1) is 0 Å². The SMILES string of the molecule is Cc1c(Cl)cccc1NC(=O)c1ccc(C(=O)NCc2ccccc2)cc1.